The third-order valence-electron chi connectivity index (χ3n) is 3.85. The molecule has 0 aliphatic heterocycles. The SMILES string of the molecule is CCNC(=NCc1cc(Cl)c(Cl)n1C)NCC(O)c1cccc(C)c1. The Kier molecular flexibility index (Phi) is 7.17. The highest BCUT2D eigenvalue weighted by molar-refractivity contribution is 6.41. The Morgan fingerprint density at radius 2 is 2.04 bits per heavy atom. The Labute approximate surface area is 158 Å². The first-order valence-electron chi connectivity index (χ1n) is 8.18. The fraction of sp³-hybridized carbons (Fsp3) is 0.389. The van der Waals surface area contributed by atoms with Crippen LogP contribution in [0.2, 0.25) is 10.2 Å². The molecule has 136 valence electrons. The highest BCUT2D eigenvalue weighted by Gasteiger charge is 2.10. The number of rotatable bonds is 6. The van der Waals surface area contributed by atoms with Crippen LogP contribution in [0.25, 0.3) is 0 Å². The lowest BCUT2D eigenvalue weighted by atomic mass is 10.1. The number of aliphatic imine (C=N–C) groups is 1. The fourth-order valence-electron chi connectivity index (χ4n) is 2.43. The summed E-state index contributed by atoms with van der Waals surface area (Å²) in [5, 5.41) is 17.7. The standard InChI is InChI=1S/C18H24Cl2N4O/c1-4-21-18(22-10-14-9-15(19)17(20)24(14)3)23-11-16(25)13-7-5-6-12(2)8-13/h5-9,16,25H,4,10-11H2,1-3H3,(H2,21,22,23). The van der Waals surface area contributed by atoms with Crippen molar-refractivity contribution in [1.82, 2.24) is 15.2 Å². The number of hydrogen-bond acceptors (Lipinski definition) is 2. The summed E-state index contributed by atoms with van der Waals surface area (Å²) in [6, 6.07) is 9.64. The summed E-state index contributed by atoms with van der Waals surface area (Å²) in [7, 11) is 1.85. The molecular formula is C18H24Cl2N4O. The van der Waals surface area contributed by atoms with Crippen molar-refractivity contribution in [3.8, 4) is 0 Å². The molecule has 2 rings (SSSR count). The number of aliphatic hydroxyl groups is 1. The first-order valence-corrected chi connectivity index (χ1v) is 8.94. The molecule has 5 nitrogen and oxygen atoms in total. The molecule has 1 aromatic carbocycles. The lowest BCUT2D eigenvalue weighted by Gasteiger charge is -2.16. The number of nitrogens with one attached hydrogen (secondary N) is 2. The lowest BCUT2D eigenvalue weighted by molar-refractivity contribution is 0.181. The Morgan fingerprint density at radius 1 is 1.28 bits per heavy atom. The second-order valence-corrected chi connectivity index (χ2v) is 6.60. The van der Waals surface area contributed by atoms with Gasteiger partial charge in [-0.1, -0.05) is 53.0 Å². The number of aryl methyl sites for hydroxylation is 1. The monoisotopic (exact) mass is 382 g/mol. The second-order valence-electron chi connectivity index (χ2n) is 5.84. The Bertz CT molecular complexity index is 743. The van der Waals surface area contributed by atoms with E-state index in [2.05, 4.69) is 15.6 Å². The van der Waals surface area contributed by atoms with E-state index in [1.165, 1.54) is 0 Å². The molecule has 0 spiro atoms. The van der Waals surface area contributed by atoms with Crippen LogP contribution in [0.5, 0.6) is 0 Å². The van der Waals surface area contributed by atoms with Crippen LogP contribution < -0.4 is 10.6 Å². The van der Waals surface area contributed by atoms with Crippen molar-refractivity contribution >= 4 is 29.2 Å². The number of halogens is 2. The molecule has 0 amide bonds. The van der Waals surface area contributed by atoms with E-state index in [-0.39, 0.29) is 0 Å². The molecule has 7 heteroatoms. The van der Waals surface area contributed by atoms with Crippen LogP contribution in [0.1, 0.15) is 29.8 Å². The third kappa shape index (κ3) is 5.39. The van der Waals surface area contributed by atoms with Crippen LogP contribution in [0.15, 0.2) is 35.3 Å². The zero-order valence-electron chi connectivity index (χ0n) is 14.7. The number of nitrogens with zero attached hydrogens (tertiary/aromatic N) is 2. The molecule has 1 aromatic heterocycles. The summed E-state index contributed by atoms with van der Waals surface area (Å²) in [6.45, 7) is 5.51. The van der Waals surface area contributed by atoms with Crippen molar-refractivity contribution in [2.24, 2.45) is 12.0 Å². The van der Waals surface area contributed by atoms with Gasteiger partial charge < -0.3 is 20.3 Å². The van der Waals surface area contributed by atoms with E-state index in [1.807, 2.05) is 45.2 Å². The van der Waals surface area contributed by atoms with E-state index < -0.39 is 6.10 Å². The molecule has 0 aliphatic carbocycles. The van der Waals surface area contributed by atoms with Gasteiger partial charge in [0.15, 0.2) is 5.96 Å². The Balaban J connectivity index is 2.01. The first kappa shape index (κ1) is 19.6. The lowest BCUT2D eigenvalue weighted by Crippen LogP contribution is -2.39. The fourth-order valence-corrected chi connectivity index (χ4v) is 2.85. The summed E-state index contributed by atoms with van der Waals surface area (Å²) < 4.78 is 1.80. The predicted octanol–water partition coefficient (Wildman–Crippen LogP) is 3.43. The number of aromatic nitrogens is 1. The average molecular weight is 383 g/mol. The minimum Gasteiger partial charge on any atom is -0.387 e. The molecule has 1 atom stereocenters. The van der Waals surface area contributed by atoms with Crippen LogP contribution in [-0.2, 0) is 13.6 Å². The summed E-state index contributed by atoms with van der Waals surface area (Å²) >= 11 is 12.1. The number of guanidine groups is 1. The normalized spacial score (nSPS) is 13.0. The van der Waals surface area contributed by atoms with Crippen LogP contribution >= 0.6 is 23.2 Å². The molecule has 1 unspecified atom stereocenters. The zero-order chi connectivity index (χ0) is 18.4. The maximum atomic E-state index is 10.3. The molecule has 0 aliphatic rings. The van der Waals surface area contributed by atoms with E-state index in [0.717, 1.165) is 23.4 Å². The molecule has 0 fully saturated rings. The molecule has 0 saturated heterocycles. The van der Waals surface area contributed by atoms with Crippen LogP contribution in [-0.4, -0.2) is 28.7 Å². The van der Waals surface area contributed by atoms with Gasteiger partial charge in [0, 0.05) is 25.8 Å². The van der Waals surface area contributed by atoms with Crippen molar-refractivity contribution in [2.45, 2.75) is 26.5 Å². The molecule has 3 N–H and O–H groups in total. The zero-order valence-corrected chi connectivity index (χ0v) is 16.2. The van der Waals surface area contributed by atoms with Gasteiger partial charge in [-0.3, -0.25) is 0 Å². The number of benzene rings is 1. The summed E-state index contributed by atoms with van der Waals surface area (Å²) in [4.78, 5) is 4.53. The van der Waals surface area contributed by atoms with Gasteiger partial charge in [-0.2, -0.15) is 0 Å². The molecule has 0 radical (unpaired) electrons. The van der Waals surface area contributed by atoms with E-state index in [0.29, 0.717) is 29.2 Å². The van der Waals surface area contributed by atoms with Crippen LogP contribution in [0, 0.1) is 6.92 Å². The summed E-state index contributed by atoms with van der Waals surface area (Å²) in [5.41, 5.74) is 2.91. The van der Waals surface area contributed by atoms with Crippen molar-refractivity contribution in [2.75, 3.05) is 13.1 Å². The third-order valence-corrected chi connectivity index (χ3v) is 4.69. The van der Waals surface area contributed by atoms with Gasteiger partial charge in [-0.25, -0.2) is 4.99 Å². The van der Waals surface area contributed by atoms with E-state index in [4.69, 9.17) is 23.2 Å². The van der Waals surface area contributed by atoms with Gasteiger partial charge in [-0.05, 0) is 25.5 Å². The van der Waals surface area contributed by atoms with Gasteiger partial charge in [0.05, 0.1) is 17.7 Å². The van der Waals surface area contributed by atoms with Gasteiger partial charge >= 0.3 is 0 Å². The minimum atomic E-state index is -0.609. The first-order chi connectivity index (χ1) is 11.9. The van der Waals surface area contributed by atoms with E-state index in [1.54, 1.807) is 10.6 Å². The van der Waals surface area contributed by atoms with E-state index in [9.17, 15) is 5.11 Å². The van der Waals surface area contributed by atoms with Gasteiger partial charge in [0.1, 0.15) is 5.15 Å². The molecule has 0 saturated carbocycles. The largest absolute Gasteiger partial charge is 0.387 e. The number of hydrogen-bond donors (Lipinski definition) is 3. The maximum absolute atomic E-state index is 10.3. The van der Waals surface area contributed by atoms with Crippen LogP contribution in [0.4, 0.5) is 0 Å². The highest BCUT2D eigenvalue weighted by Crippen LogP contribution is 2.25. The molecule has 0 bridgehead atoms. The van der Waals surface area contributed by atoms with Crippen LogP contribution in [0.3, 0.4) is 0 Å². The Morgan fingerprint density at radius 3 is 2.64 bits per heavy atom. The molecular weight excluding hydrogens is 359 g/mol. The van der Waals surface area contributed by atoms with Crippen molar-refractivity contribution < 1.29 is 5.11 Å². The van der Waals surface area contributed by atoms with Gasteiger partial charge in [0.2, 0.25) is 0 Å². The topological polar surface area (TPSA) is 61.6 Å². The van der Waals surface area contributed by atoms with Gasteiger partial charge in [-0.15, -0.1) is 0 Å². The quantitative estimate of drug-likeness (QED) is 0.529. The Hall–Kier alpha value is -1.69. The van der Waals surface area contributed by atoms with Crippen molar-refractivity contribution in [3.05, 3.63) is 57.3 Å². The van der Waals surface area contributed by atoms with E-state index >= 15 is 0 Å². The maximum Gasteiger partial charge on any atom is 0.191 e. The average Bonchev–Trinajstić information content (AvgIpc) is 2.84. The predicted molar refractivity (Wildman–Crippen MR) is 104 cm³/mol. The number of aliphatic hydroxyl groups excluding tert-OH is 1. The van der Waals surface area contributed by atoms with Gasteiger partial charge in [0.25, 0.3) is 0 Å². The van der Waals surface area contributed by atoms with Crippen molar-refractivity contribution in [1.29, 1.82) is 0 Å². The second kappa shape index (κ2) is 9.13. The highest BCUT2D eigenvalue weighted by atomic mass is 35.5. The van der Waals surface area contributed by atoms with Crippen molar-refractivity contribution in [3.63, 3.8) is 0 Å². The molecule has 2 aromatic rings. The summed E-state index contributed by atoms with van der Waals surface area (Å²) in [5.74, 6) is 0.627. The molecule has 25 heavy (non-hydrogen) atoms. The molecule has 1 heterocycles. The summed E-state index contributed by atoms with van der Waals surface area (Å²) in [6.07, 6.45) is -0.609. The smallest absolute Gasteiger partial charge is 0.191 e. The minimum absolute atomic E-state index is 0.365.